The van der Waals surface area contributed by atoms with Gasteiger partial charge in [0.25, 0.3) is 0 Å². The Hall–Kier alpha value is -1.74. The van der Waals surface area contributed by atoms with Gasteiger partial charge in [-0.05, 0) is 49.1 Å². The first-order chi connectivity index (χ1) is 9.97. The largest absolute Gasteiger partial charge is 0.293 e. The Morgan fingerprint density at radius 3 is 2.24 bits per heavy atom. The molecule has 2 nitrogen and oxygen atoms in total. The van der Waals surface area contributed by atoms with Crippen LogP contribution in [0.25, 0.3) is 0 Å². The van der Waals surface area contributed by atoms with Gasteiger partial charge in [0, 0.05) is 22.1 Å². The SMILES string of the molecule is Cc1cc(C)c(C(=O)CS(=O)Cc2ccccc2)cc1C. The summed E-state index contributed by atoms with van der Waals surface area (Å²) in [5.74, 6) is 0.471. The molecule has 0 heterocycles. The zero-order chi connectivity index (χ0) is 15.4. The van der Waals surface area contributed by atoms with Crippen LogP contribution in [0.5, 0.6) is 0 Å². The molecule has 0 saturated carbocycles. The maximum Gasteiger partial charge on any atom is 0.175 e. The minimum atomic E-state index is -1.17. The lowest BCUT2D eigenvalue weighted by atomic mass is 9.99. The van der Waals surface area contributed by atoms with E-state index in [1.54, 1.807) is 0 Å². The van der Waals surface area contributed by atoms with Crippen LogP contribution in [0.3, 0.4) is 0 Å². The second-order valence-corrected chi connectivity index (χ2v) is 6.85. The minimum Gasteiger partial charge on any atom is -0.293 e. The molecule has 110 valence electrons. The maximum atomic E-state index is 12.3. The summed E-state index contributed by atoms with van der Waals surface area (Å²) >= 11 is 0. The van der Waals surface area contributed by atoms with Crippen molar-refractivity contribution in [2.45, 2.75) is 26.5 Å². The van der Waals surface area contributed by atoms with Crippen LogP contribution in [0, 0.1) is 20.8 Å². The van der Waals surface area contributed by atoms with E-state index in [-0.39, 0.29) is 11.5 Å². The first-order valence-corrected chi connectivity index (χ1v) is 8.46. The van der Waals surface area contributed by atoms with Crippen LogP contribution in [0.1, 0.15) is 32.6 Å². The van der Waals surface area contributed by atoms with Crippen molar-refractivity contribution in [2.24, 2.45) is 0 Å². The van der Waals surface area contributed by atoms with Gasteiger partial charge in [0.15, 0.2) is 5.78 Å². The van der Waals surface area contributed by atoms with Crippen molar-refractivity contribution in [3.63, 3.8) is 0 Å². The van der Waals surface area contributed by atoms with Crippen LogP contribution in [0.2, 0.25) is 0 Å². The summed E-state index contributed by atoms with van der Waals surface area (Å²) in [7, 11) is -1.17. The van der Waals surface area contributed by atoms with Crippen molar-refractivity contribution < 1.29 is 9.00 Å². The van der Waals surface area contributed by atoms with E-state index in [2.05, 4.69) is 0 Å². The van der Waals surface area contributed by atoms with Crippen molar-refractivity contribution >= 4 is 16.6 Å². The molecular formula is C18H20O2S. The van der Waals surface area contributed by atoms with Crippen molar-refractivity contribution in [1.82, 2.24) is 0 Å². The third-order valence-electron chi connectivity index (χ3n) is 3.60. The highest BCUT2D eigenvalue weighted by Crippen LogP contribution is 2.16. The lowest BCUT2D eigenvalue weighted by Gasteiger charge is -2.09. The quantitative estimate of drug-likeness (QED) is 0.788. The molecule has 0 aliphatic carbocycles. The monoisotopic (exact) mass is 300 g/mol. The molecule has 0 N–H and O–H groups in total. The van der Waals surface area contributed by atoms with Crippen LogP contribution >= 0.6 is 0 Å². The number of hydrogen-bond acceptors (Lipinski definition) is 2. The first kappa shape index (κ1) is 15.6. The van der Waals surface area contributed by atoms with Gasteiger partial charge in [-0.1, -0.05) is 36.4 Å². The predicted molar refractivity (Wildman–Crippen MR) is 88.1 cm³/mol. The molecule has 0 bridgehead atoms. The van der Waals surface area contributed by atoms with Gasteiger partial charge in [-0.2, -0.15) is 0 Å². The molecule has 2 aromatic carbocycles. The average Bonchev–Trinajstić information content (AvgIpc) is 2.43. The topological polar surface area (TPSA) is 34.1 Å². The normalized spacial score (nSPS) is 12.1. The Labute approximate surface area is 128 Å². The fraction of sp³-hybridized carbons (Fsp3) is 0.278. The second kappa shape index (κ2) is 6.81. The zero-order valence-corrected chi connectivity index (χ0v) is 13.5. The minimum absolute atomic E-state index is 0.0372. The molecule has 2 aromatic rings. The first-order valence-electron chi connectivity index (χ1n) is 6.97. The van der Waals surface area contributed by atoms with E-state index >= 15 is 0 Å². The van der Waals surface area contributed by atoms with Gasteiger partial charge in [0.05, 0.1) is 5.75 Å². The van der Waals surface area contributed by atoms with Crippen LogP contribution in [0.4, 0.5) is 0 Å². The number of carbonyl (C=O) groups excluding carboxylic acids is 1. The summed E-state index contributed by atoms with van der Waals surface area (Å²) in [5.41, 5.74) is 4.92. The zero-order valence-electron chi connectivity index (χ0n) is 12.7. The number of carbonyl (C=O) groups is 1. The highest BCUT2D eigenvalue weighted by atomic mass is 32.2. The molecule has 0 aliphatic rings. The highest BCUT2D eigenvalue weighted by Gasteiger charge is 2.14. The molecule has 0 spiro atoms. The van der Waals surface area contributed by atoms with Crippen LogP contribution < -0.4 is 0 Å². The number of aryl methyl sites for hydroxylation is 3. The molecule has 3 heteroatoms. The Morgan fingerprint density at radius 2 is 1.57 bits per heavy atom. The maximum absolute atomic E-state index is 12.3. The molecule has 0 amide bonds. The van der Waals surface area contributed by atoms with Gasteiger partial charge in [-0.25, -0.2) is 0 Å². The van der Waals surface area contributed by atoms with Crippen LogP contribution in [0.15, 0.2) is 42.5 Å². The summed E-state index contributed by atoms with van der Waals surface area (Å²) in [6.07, 6.45) is 0. The Kier molecular flexibility index (Phi) is 5.07. The van der Waals surface area contributed by atoms with Gasteiger partial charge in [0.2, 0.25) is 0 Å². The predicted octanol–water partition coefficient (Wildman–Crippen LogP) is 3.74. The lowest BCUT2D eigenvalue weighted by Crippen LogP contribution is -2.14. The Bertz CT molecular complexity index is 675. The molecule has 0 aliphatic heterocycles. The van der Waals surface area contributed by atoms with E-state index in [1.807, 2.05) is 63.2 Å². The fourth-order valence-corrected chi connectivity index (χ4v) is 3.41. The van der Waals surface area contributed by atoms with Crippen molar-refractivity contribution in [1.29, 1.82) is 0 Å². The molecule has 0 saturated heterocycles. The fourth-order valence-electron chi connectivity index (χ4n) is 2.30. The molecule has 1 unspecified atom stereocenters. The number of hydrogen-bond donors (Lipinski definition) is 0. The van der Waals surface area contributed by atoms with E-state index in [0.29, 0.717) is 11.3 Å². The number of benzene rings is 2. The molecule has 0 radical (unpaired) electrons. The van der Waals surface area contributed by atoms with Gasteiger partial charge >= 0.3 is 0 Å². The number of rotatable bonds is 5. The summed E-state index contributed by atoms with van der Waals surface area (Å²) in [5, 5.41) is 0. The van der Waals surface area contributed by atoms with E-state index < -0.39 is 10.8 Å². The van der Waals surface area contributed by atoms with E-state index in [0.717, 1.165) is 16.7 Å². The van der Waals surface area contributed by atoms with Gasteiger partial charge < -0.3 is 0 Å². The number of Topliss-reactive ketones (excluding diaryl/α,β-unsaturated/α-hetero) is 1. The van der Waals surface area contributed by atoms with Gasteiger partial charge in [-0.15, -0.1) is 0 Å². The van der Waals surface area contributed by atoms with Crippen molar-refractivity contribution in [3.05, 3.63) is 70.3 Å². The van der Waals surface area contributed by atoms with E-state index in [1.165, 1.54) is 5.56 Å². The smallest absolute Gasteiger partial charge is 0.175 e. The van der Waals surface area contributed by atoms with Gasteiger partial charge in [-0.3, -0.25) is 9.00 Å². The molecule has 1 atom stereocenters. The molecule has 21 heavy (non-hydrogen) atoms. The molecule has 0 aromatic heterocycles. The van der Waals surface area contributed by atoms with E-state index in [9.17, 15) is 9.00 Å². The Balaban J connectivity index is 2.08. The van der Waals surface area contributed by atoms with Crippen LogP contribution in [-0.2, 0) is 16.6 Å². The van der Waals surface area contributed by atoms with Crippen LogP contribution in [-0.4, -0.2) is 15.7 Å². The average molecular weight is 300 g/mol. The molecular weight excluding hydrogens is 280 g/mol. The molecule has 2 rings (SSSR count). The number of ketones is 1. The summed E-state index contributed by atoms with van der Waals surface area (Å²) in [6.45, 7) is 5.95. The lowest BCUT2D eigenvalue weighted by molar-refractivity contribution is 0.102. The second-order valence-electron chi connectivity index (χ2n) is 5.39. The third kappa shape index (κ3) is 4.11. The third-order valence-corrected chi connectivity index (χ3v) is 4.84. The summed E-state index contributed by atoms with van der Waals surface area (Å²) < 4.78 is 12.1. The van der Waals surface area contributed by atoms with Crippen molar-refractivity contribution in [3.8, 4) is 0 Å². The standard InChI is InChI=1S/C18H20O2S/c1-13-9-15(3)17(10-14(13)2)18(19)12-21(20)11-16-7-5-4-6-8-16/h4-10H,11-12H2,1-3H3. The summed E-state index contributed by atoms with van der Waals surface area (Å²) in [6, 6.07) is 13.6. The van der Waals surface area contributed by atoms with E-state index in [4.69, 9.17) is 0 Å². The van der Waals surface area contributed by atoms with Gasteiger partial charge in [0.1, 0.15) is 0 Å². The van der Waals surface area contributed by atoms with Crippen molar-refractivity contribution in [2.75, 3.05) is 5.75 Å². The Morgan fingerprint density at radius 1 is 0.952 bits per heavy atom. The highest BCUT2D eigenvalue weighted by molar-refractivity contribution is 7.85. The molecule has 0 fully saturated rings. The summed E-state index contributed by atoms with van der Waals surface area (Å²) in [4.78, 5) is 12.3.